The fourth-order valence-corrected chi connectivity index (χ4v) is 1.47. The summed E-state index contributed by atoms with van der Waals surface area (Å²) in [5, 5.41) is 2.43. The summed E-state index contributed by atoms with van der Waals surface area (Å²) < 4.78 is 5.13. The van der Waals surface area contributed by atoms with Gasteiger partial charge in [-0.1, -0.05) is 6.08 Å². The van der Waals surface area contributed by atoms with Gasteiger partial charge in [-0.15, -0.1) is 0 Å². The van der Waals surface area contributed by atoms with Crippen LogP contribution in [0.4, 0.5) is 4.79 Å². The average Bonchev–Trinajstić information content (AvgIpc) is 2.16. The van der Waals surface area contributed by atoms with Crippen LogP contribution in [0.3, 0.4) is 0 Å². The number of ether oxygens (including phenoxy) is 1. The number of hydrogen-bond acceptors (Lipinski definition) is 3. The number of carbonyl (C=O) groups excluding carboxylic acids is 1. The molecule has 0 aromatic heterocycles. The lowest BCUT2D eigenvalue weighted by Gasteiger charge is -2.19. The van der Waals surface area contributed by atoms with Gasteiger partial charge in [0.15, 0.2) is 0 Å². The van der Waals surface area contributed by atoms with Crippen LogP contribution in [0.2, 0.25) is 0 Å². The molecule has 1 aliphatic rings. The Morgan fingerprint density at radius 2 is 2.29 bits per heavy atom. The fraction of sp³-hybridized carbons (Fsp3) is 0.700. The van der Waals surface area contributed by atoms with Crippen molar-refractivity contribution in [1.29, 1.82) is 0 Å². The van der Waals surface area contributed by atoms with Gasteiger partial charge in [-0.3, -0.25) is 0 Å². The second-order valence-electron chi connectivity index (χ2n) is 3.54. The van der Waals surface area contributed by atoms with Gasteiger partial charge in [-0.2, -0.15) is 0 Å². The molecule has 14 heavy (non-hydrogen) atoms. The lowest BCUT2D eigenvalue weighted by atomic mass is 10.0. The molecule has 4 heteroatoms. The number of allylic oxidation sites excluding steroid dienone is 1. The first-order valence-electron chi connectivity index (χ1n) is 5.03. The van der Waals surface area contributed by atoms with Crippen LogP contribution in [0, 0.1) is 0 Å². The highest BCUT2D eigenvalue weighted by molar-refractivity contribution is 5.67. The highest BCUT2D eigenvalue weighted by atomic mass is 16.6. The third-order valence-corrected chi connectivity index (χ3v) is 2.34. The zero-order chi connectivity index (χ0) is 10.4. The predicted molar refractivity (Wildman–Crippen MR) is 54.9 cm³/mol. The Hall–Kier alpha value is -1.03. The van der Waals surface area contributed by atoms with Crippen molar-refractivity contribution in [3.63, 3.8) is 0 Å². The molecule has 0 heterocycles. The van der Waals surface area contributed by atoms with E-state index in [1.165, 1.54) is 0 Å². The Morgan fingerprint density at radius 1 is 1.50 bits per heavy atom. The Bertz CT molecular complexity index is 216. The van der Waals surface area contributed by atoms with E-state index in [2.05, 4.69) is 5.32 Å². The van der Waals surface area contributed by atoms with E-state index in [0.717, 1.165) is 25.7 Å². The van der Waals surface area contributed by atoms with Gasteiger partial charge in [0.2, 0.25) is 0 Å². The second-order valence-corrected chi connectivity index (χ2v) is 3.54. The summed E-state index contributed by atoms with van der Waals surface area (Å²) in [7, 11) is 1.56. The molecule has 1 amide bonds. The summed E-state index contributed by atoms with van der Waals surface area (Å²) in [4.78, 5) is 11.0. The van der Waals surface area contributed by atoms with Crippen molar-refractivity contribution < 1.29 is 9.53 Å². The average molecular weight is 198 g/mol. The van der Waals surface area contributed by atoms with E-state index in [4.69, 9.17) is 10.5 Å². The second kappa shape index (κ2) is 5.65. The van der Waals surface area contributed by atoms with Crippen LogP contribution in [0.5, 0.6) is 0 Å². The lowest BCUT2D eigenvalue weighted by molar-refractivity contribution is 0.114. The van der Waals surface area contributed by atoms with E-state index >= 15 is 0 Å². The van der Waals surface area contributed by atoms with Crippen molar-refractivity contribution in [3.05, 3.63) is 12.2 Å². The minimum atomic E-state index is -0.381. The summed E-state index contributed by atoms with van der Waals surface area (Å²) in [6.45, 7) is 0. The number of nitrogens with two attached hydrogens (primary N) is 1. The quantitative estimate of drug-likeness (QED) is 0.621. The minimum absolute atomic E-state index is 0.124. The molecule has 0 aromatic carbocycles. The van der Waals surface area contributed by atoms with E-state index in [1.807, 2.05) is 12.2 Å². The standard InChI is InChI=1S/C10H18N2O2/c1-12-10(13)14-9-5-3-2-4-8(11)6-7-9/h3,5,8-9H,2,4,6-7,11H2,1H3,(H,12,13). The molecule has 1 aliphatic carbocycles. The Morgan fingerprint density at radius 3 is 3.00 bits per heavy atom. The zero-order valence-electron chi connectivity index (χ0n) is 8.53. The first kappa shape index (κ1) is 11.0. The maximum Gasteiger partial charge on any atom is 0.407 e. The topological polar surface area (TPSA) is 64.3 Å². The van der Waals surface area contributed by atoms with Crippen LogP contribution < -0.4 is 11.1 Å². The molecule has 0 aromatic rings. The molecular weight excluding hydrogens is 180 g/mol. The number of hydrogen-bond donors (Lipinski definition) is 2. The number of amides is 1. The number of rotatable bonds is 1. The van der Waals surface area contributed by atoms with Crippen molar-refractivity contribution in [3.8, 4) is 0 Å². The van der Waals surface area contributed by atoms with Crippen LogP contribution in [0.15, 0.2) is 12.2 Å². The largest absolute Gasteiger partial charge is 0.442 e. The molecule has 2 atom stereocenters. The summed E-state index contributed by atoms with van der Waals surface area (Å²) in [6.07, 6.45) is 7.18. The van der Waals surface area contributed by atoms with E-state index in [9.17, 15) is 4.79 Å². The Balaban J connectivity index is 2.42. The van der Waals surface area contributed by atoms with Crippen molar-refractivity contribution in [2.75, 3.05) is 7.05 Å². The van der Waals surface area contributed by atoms with Gasteiger partial charge in [-0.25, -0.2) is 4.79 Å². The molecule has 1 rings (SSSR count). The number of carbonyl (C=O) groups is 1. The molecule has 80 valence electrons. The smallest absolute Gasteiger partial charge is 0.407 e. The molecule has 0 fully saturated rings. The predicted octanol–water partition coefficient (Wildman–Crippen LogP) is 1.17. The first-order valence-corrected chi connectivity index (χ1v) is 5.03. The van der Waals surface area contributed by atoms with Crippen molar-refractivity contribution in [1.82, 2.24) is 5.32 Å². The summed E-state index contributed by atoms with van der Waals surface area (Å²) in [5.41, 5.74) is 5.84. The molecule has 4 nitrogen and oxygen atoms in total. The van der Waals surface area contributed by atoms with Gasteiger partial charge in [0.25, 0.3) is 0 Å². The van der Waals surface area contributed by atoms with Crippen LogP contribution in [-0.4, -0.2) is 25.3 Å². The molecular formula is C10H18N2O2. The van der Waals surface area contributed by atoms with Crippen LogP contribution in [0.1, 0.15) is 25.7 Å². The van der Waals surface area contributed by atoms with E-state index < -0.39 is 0 Å². The normalized spacial score (nSPS) is 27.6. The van der Waals surface area contributed by atoms with Gasteiger partial charge >= 0.3 is 6.09 Å². The monoisotopic (exact) mass is 198 g/mol. The maximum atomic E-state index is 11.0. The van der Waals surface area contributed by atoms with Gasteiger partial charge in [0, 0.05) is 13.1 Å². The number of alkyl carbamates (subject to hydrolysis) is 1. The molecule has 0 saturated carbocycles. The fourth-order valence-electron chi connectivity index (χ4n) is 1.47. The Kier molecular flexibility index (Phi) is 4.46. The summed E-state index contributed by atoms with van der Waals surface area (Å²) >= 11 is 0. The first-order chi connectivity index (χ1) is 6.72. The highest BCUT2D eigenvalue weighted by Gasteiger charge is 2.14. The molecule has 0 radical (unpaired) electrons. The minimum Gasteiger partial charge on any atom is -0.442 e. The molecule has 2 unspecified atom stereocenters. The van der Waals surface area contributed by atoms with Crippen molar-refractivity contribution in [2.24, 2.45) is 5.73 Å². The molecule has 0 aliphatic heterocycles. The maximum absolute atomic E-state index is 11.0. The van der Waals surface area contributed by atoms with Gasteiger partial charge in [-0.05, 0) is 31.8 Å². The summed E-state index contributed by atoms with van der Waals surface area (Å²) in [5.74, 6) is 0. The Labute approximate surface area is 84.5 Å². The van der Waals surface area contributed by atoms with Crippen LogP contribution in [-0.2, 0) is 4.74 Å². The third-order valence-electron chi connectivity index (χ3n) is 2.34. The molecule has 0 spiro atoms. The van der Waals surface area contributed by atoms with Crippen molar-refractivity contribution in [2.45, 2.75) is 37.8 Å². The van der Waals surface area contributed by atoms with Crippen LogP contribution in [0.25, 0.3) is 0 Å². The van der Waals surface area contributed by atoms with Gasteiger partial charge in [0.1, 0.15) is 6.10 Å². The van der Waals surface area contributed by atoms with E-state index in [0.29, 0.717) is 0 Å². The van der Waals surface area contributed by atoms with Gasteiger partial charge < -0.3 is 15.8 Å². The number of nitrogens with one attached hydrogen (secondary N) is 1. The van der Waals surface area contributed by atoms with E-state index in [-0.39, 0.29) is 18.2 Å². The SMILES string of the molecule is CNC(=O)OC1C=CCCC(N)CC1. The lowest BCUT2D eigenvalue weighted by Crippen LogP contribution is -2.28. The molecule has 0 saturated heterocycles. The van der Waals surface area contributed by atoms with Crippen LogP contribution >= 0.6 is 0 Å². The highest BCUT2D eigenvalue weighted by Crippen LogP contribution is 2.13. The van der Waals surface area contributed by atoms with Crippen molar-refractivity contribution >= 4 is 6.09 Å². The molecule has 0 bridgehead atoms. The molecule has 3 N–H and O–H groups in total. The summed E-state index contributed by atoms with van der Waals surface area (Å²) in [6, 6.07) is 0.232. The zero-order valence-corrected chi connectivity index (χ0v) is 8.53. The van der Waals surface area contributed by atoms with E-state index in [1.54, 1.807) is 7.05 Å². The third kappa shape index (κ3) is 3.79. The van der Waals surface area contributed by atoms with Gasteiger partial charge in [0.05, 0.1) is 0 Å².